The van der Waals surface area contributed by atoms with Crippen molar-refractivity contribution in [3.63, 3.8) is 0 Å². The number of amides is 1. The summed E-state index contributed by atoms with van der Waals surface area (Å²) in [4.78, 5) is 18.3. The molecule has 1 amide bonds. The van der Waals surface area contributed by atoms with Gasteiger partial charge in [-0.1, -0.05) is 0 Å². The summed E-state index contributed by atoms with van der Waals surface area (Å²) in [5.74, 6) is 0.176. The van der Waals surface area contributed by atoms with Crippen LogP contribution in [-0.4, -0.2) is 69.6 Å². The third kappa shape index (κ3) is 3.87. The van der Waals surface area contributed by atoms with Gasteiger partial charge in [-0.15, -0.1) is 0 Å². The molecule has 20 heavy (non-hydrogen) atoms. The standard InChI is InChI=1S/C15H24N4O/c1-17(2)14-6-4-13(5-7-14)16-12-15(20)19-10-8-18(3)9-11-19/h4-7,16H,8-12H2,1-3H3. The Labute approximate surface area is 121 Å². The molecule has 1 fully saturated rings. The fourth-order valence-corrected chi connectivity index (χ4v) is 2.22. The third-order valence-corrected chi connectivity index (χ3v) is 3.68. The Morgan fingerprint density at radius 3 is 2.30 bits per heavy atom. The average molecular weight is 276 g/mol. The number of likely N-dealkylation sites (N-methyl/N-ethyl adjacent to an activating group) is 1. The Morgan fingerprint density at radius 2 is 1.75 bits per heavy atom. The molecule has 110 valence electrons. The van der Waals surface area contributed by atoms with E-state index in [2.05, 4.69) is 22.2 Å². The summed E-state index contributed by atoms with van der Waals surface area (Å²) >= 11 is 0. The lowest BCUT2D eigenvalue weighted by molar-refractivity contribution is -0.130. The highest BCUT2D eigenvalue weighted by Gasteiger charge is 2.18. The van der Waals surface area contributed by atoms with Crippen molar-refractivity contribution in [1.29, 1.82) is 0 Å². The molecule has 0 aliphatic carbocycles. The minimum atomic E-state index is 0.176. The summed E-state index contributed by atoms with van der Waals surface area (Å²) < 4.78 is 0. The minimum absolute atomic E-state index is 0.176. The average Bonchev–Trinajstić information content (AvgIpc) is 2.46. The Balaban J connectivity index is 1.81. The van der Waals surface area contributed by atoms with E-state index >= 15 is 0 Å². The van der Waals surface area contributed by atoms with Crippen LogP contribution in [0.3, 0.4) is 0 Å². The van der Waals surface area contributed by atoms with Crippen LogP contribution in [0.15, 0.2) is 24.3 Å². The summed E-state index contributed by atoms with van der Waals surface area (Å²) in [6.45, 7) is 3.95. The number of nitrogens with zero attached hydrogens (tertiary/aromatic N) is 3. The topological polar surface area (TPSA) is 38.8 Å². The normalized spacial score (nSPS) is 16.1. The molecule has 1 aliphatic heterocycles. The Morgan fingerprint density at radius 1 is 1.15 bits per heavy atom. The van der Waals surface area contributed by atoms with E-state index in [4.69, 9.17) is 0 Å². The first-order chi connectivity index (χ1) is 9.56. The predicted molar refractivity (Wildman–Crippen MR) is 83.3 cm³/mol. The molecule has 5 nitrogen and oxygen atoms in total. The van der Waals surface area contributed by atoms with Gasteiger partial charge in [0.1, 0.15) is 0 Å². The molecule has 1 saturated heterocycles. The summed E-state index contributed by atoms with van der Waals surface area (Å²) in [6, 6.07) is 8.10. The van der Waals surface area contributed by atoms with E-state index in [0.29, 0.717) is 6.54 Å². The summed E-state index contributed by atoms with van der Waals surface area (Å²) in [7, 11) is 6.12. The number of hydrogen-bond donors (Lipinski definition) is 1. The quantitative estimate of drug-likeness (QED) is 0.888. The highest BCUT2D eigenvalue weighted by molar-refractivity contribution is 5.81. The van der Waals surface area contributed by atoms with Crippen LogP contribution >= 0.6 is 0 Å². The van der Waals surface area contributed by atoms with Crippen molar-refractivity contribution >= 4 is 17.3 Å². The van der Waals surface area contributed by atoms with E-state index in [1.165, 1.54) is 0 Å². The molecule has 0 saturated carbocycles. The fourth-order valence-electron chi connectivity index (χ4n) is 2.22. The number of hydrogen-bond acceptors (Lipinski definition) is 4. The second-order valence-corrected chi connectivity index (χ2v) is 5.48. The van der Waals surface area contributed by atoms with Crippen molar-refractivity contribution in [3.8, 4) is 0 Å². The van der Waals surface area contributed by atoms with E-state index in [-0.39, 0.29) is 5.91 Å². The van der Waals surface area contributed by atoms with Gasteiger partial charge in [-0.3, -0.25) is 4.79 Å². The van der Waals surface area contributed by atoms with Gasteiger partial charge in [0.05, 0.1) is 6.54 Å². The molecule has 5 heteroatoms. The number of rotatable bonds is 4. The van der Waals surface area contributed by atoms with E-state index in [9.17, 15) is 4.79 Å². The Bertz CT molecular complexity index is 436. The summed E-state index contributed by atoms with van der Waals surface area (Å²) in [5.41, 5.74) is 2.14. The van der Waals surface area contributed by atoms with Gasteiger partial charge in [0.25, 0.3) is 0 Å². The SMILES string of the molecule is CN1CCN(C(=O)CNc2ccc(N(C)C)cc2)CC1. The number of carbonyl (C=O) groups excluding carboxylic acids is 1. The molecular formula is C15H24N4O. The van der Waals surface area contributed by atoms with Crippen LogP contribution in [0.25, 0.3) is 0 Å². The second kappa shape index (κ2) is 6.61. The first-order valence-corrected chi connectivity index (χ1v) is 7.04. The lowest BCUT2D eigenvalue weighted by atomic mass is 10.2. The molecule has 1 aliphatic rings. The third-order valence-electron chi connectivity index (χ3n) is 3.68. The molecule has 0 aromatic heterocycles. The number of benzene rings is 1. The lowest BCUT2D eigenvalue weighted by Crippen LogP contribution is -2.48. The van der Waals surface area contributed by atoms with Crippen LogP contribution in [0.2, 0.25) is 0 Å². The molecule has 1 heterocycles. The molecule has 1 aromatic rings. The number of piperazine rings is 1. The van der Waals surface area contributed by atoms with Crippen LogP contribution in [0.4, 0.5) is 11.4 Å². The predicted octanol–water partition coefficient (Wildman–Crippen LogP) is 0.938. The molecule has 2 rings (SSSR count). The first kappa shape index (κ1) is 14.7. The maximum atomic E-state index is 12.1. The van der Waals surface area contributed by atoms with Crippen molar-refractivity contribution in [1.82, 2.24) is 9.80 Å². The van der Waals surface area contributed by atoms with E-state index in [1.807, 2.05) is 43.3 Å². The molecule has 0 spiro atoms. The van der Waals surface area contributed by atoms with Crippen LogP contribution in [0.5, 0.6) is 0 Å². The Hall–Kier alpha value is -1.75. The monoisotopic (exact) mass is 276 g/mol. The second-order valence-electron chi connectivity index (χ2n) is 5.48. The zero-order valence-corrected chi connectivity index (χ0v) is 12.6. The van der Waals surface area contributed by atoms with E-state index in [1.54, 1.807) is 0 Å². The maximum Gasteiger partial charge on any atom is 0.241 e. The van der Waals surface area contributed by atoms with Crippen LogP contribution in [0, 0.1) is 0 Å². The van der Waals surface area contributed by atoms with Gasteiger partial charge >= 0.3 is 0 Å². The van der Waals surface area contributed by atoms with Crippen molar-refractivity contribution in [3.05, 3.63) is 24.3 Å². The Kier molecular flexibility index (Phi) is 4.84. The lowest BCUT2D eigenvalue weighted by Gasteiger charge is -2.32. The molecule has 0 atom stereocenters. The molecule has 0 radical (unpaired) electrons. The van der Waals surface area contributed by atoms with E-state index < -0.39 is 0 Å². The van der Waals surface area contributed by atoms with Gasteiger partial charge < -0.3 is 20.0 Å². The van der Waals surface area contributed by atoms with E-state index in [0.717, 1.165) is 37.6 Å². The molecule has 0 unspecified atom stereocenters. The number of nitrogens with one attached hydrogen (secondary N) is 1. The van der Waals surface area contributed by atoms with Crippen molar-refractivity contribution < 1.29 is 4.79 Å². The minimum Gasteiger partial charge on any atom is -0.378 e. The van der Waals surface area contributed by atoms with Gasteiger partial charge in [0.15, 0.2) is 0 Å². The van der Waals surface area contributed by atoms with Crippen molar-refractivity contribution in [2.24, 2.45) is 0 Å². The summed E-state index contributed by atoms with van der Waals surface area (Å²) in [5, 5.41) is 3.20. The molecule has 0 bridgehead atoms. The zero-order valence-electron chi connectivity index (χ0n) is 12.6. The van der Waals surface area contributed by atoms with Crippen molar-refractivity contribution in [2.45, 2.75) is 0 Å². The van der Waals surface area contributed by atoms with Crippen molar-refractivity contribution in [2.75, 3.05) is 64.1 Å². The first-order valence-electron chi connectivity index (χ1n) is 7.04. The zero-order chi connectivity index (χ0) is 14.5. The van der Waals surface area contributed by atoms with Gasteiger partial charge in [-0.25, -0.2) is 0 Å². The van der Waals surface area contributed by atoms with Crippen LogP contribution < -0.4 is 10.2 Å². The highest BCUT2D eigenvalue weighted by atomic mass is 16.2. The van der Waals surface area contributed by atoms with Gasteiger partial charge in [-0.05, 0) is 31.3 Å². The largest absolute Gasteiger partial charge is 0.378 e. The number of anilines is 2. The van der Waals surface area contributed by atoms with Gasteiger partial charge in [-0.2, -0.15) is 0 Å². The number of carbonyl (C=O) groups is 1. The smallest absolute Gasteiger partial charge is 0.241 e. The molecular weight excluding hydrogens is 252 g/mol. The maximum absolute atomic E-state index is 12.1. The highest BCUT2D eigenvalue weighted by Crippen LogP contribution is 2.15. The molecule has 1 N–H and O–H groups in total. The summed E-state index contributed by atoms with van der Waals surface area (Å²) in [6.07, 6.45) is 0. The molecule has 1 aromatic carbocycles. The van der Waals surface area contributed by atoms with Gasteiger partial charge in [0.2, 0.25) is 5.91 Å². The van der Waals surface area contributed by atoms with Gasteiger partial charge in [0, 0.05) is 51.6 Å². The van der Waals surface area contributed by atoms with Crippen LogP contribution in [-0.2, 0) is 4.79 Å². The van der Waals surface area contributed by atoms with Crippen LogP contribution in [0.1, 0.15) is 0 Å². The fraction of sp³-hybridized carbons (Fsp3) is 0.533.